The highest BCUT2D eigenvalue weighted by Crippen LogP contribution is 2.35. The number of benzene rings is 3. The minimum Gasteiger partial charge on any atom is -0.438 e. The summed E-state index contributed by atoms with van der Waals surface area (Å²) in [6.45, 7) is 2.62. The number of carbonyl (C=O) groups excluding carboxylic acids is 1. The summed E-state index contributed by atoms with van der Waals surface area (Å²) in [7, 11) is 0. The van der Waals surface area contributed by atoms with E-state index in [1.807, 2.05) is 49.4 Å². The third-order valence-electron chi connectivity index (χ3n) is 5.77. The molecular weight excluding hydrogens is 393 g/mol. The van der Waals surface area contributed by atoms with Crippen molar-refractivity contribution < 1.29 is 13.6 Å². The maximum Gasteiger partial charge on any atom is 0.322 e. The monoisotopic (exact) mass is 415 g/mol. The SMILES string of the molecule is Cc1ccccc1NC(=O)N1CCC[C@@H]1c1nc2cc(-c3ccc(F)cc3)ccc2o1. The van der Waals surface area contributed by atoms with Crippen LogP contribution in [-0.4, -0.2) is 22.5 Å². The summed E-state index contributed by atoms with van der Waals surface area (Å²) in [5, 5.41) is 3.01. The van der Waals surface area contributed by atoms with E-state index in [1.165, 1.54) is 12.1 Å². The molecular formula is C25H22FN3O2. The molecule has 0 aliphatic carbocycles. The zero-order valence-corrected chi connectivity index (χ0v) is 17.1. The van der Waals surface area contributed by atoms with Gasteiger partial charge in [-0.2, -0.15) is 0 Å². The number of carbonyl (C=O) groups is 1. The fraction of sp³-hybridized carbons (Fsp3) is 0.200. The zero-order valence-electron chi connectivity index (χ0n) is 17.1. The predicted molar refractivity (Wildman–Crippen MR) is 118 cm³/mol. The van der Waals surface area contributed by atoms with Gasteiger partial charge in [-0.05, 0) is 66.8 Å². The minimum absolute atomic E-state index is 0.147. The van der Waals surface area contributed by atoms with Gasteiger partial charge in [-0.3, -0.25) is 0 Å². The molecule has 1 atom stereocenters. The molecule has 2 heterocycles. The van der Waals surface area contributed by atoms with Crippen molar-refractivity contribution in [3.8, 4) is 11.1 Å². The maximum absolute atomic E-state index is 13.2. The summed E-state index contributed by atoms with van der Waals surface area (Å²) >= 11 is 0. The Labute approximate surface area is 179 Å². The second-order valence-electron chi connectivity index (χ2n) is 7.84. The van der Waals surface area contributed by atoms with E-state index in [9.17, 15) is 9.18 Å². The van der Waals surface area contributed by atoms with Gasteiger partial charge < -0.3 is 14.6 Å². The van der Waals surface area contributed by atoms with Gasteiger partial charge in [0.15, 0.2) is 5.58 Å². The summed E-state index contributed by atoms with van der Waals surface area (Å²) in [6.07, 6.45) is 1.70. The quantitative estimate of drug-likeness (QED) is 0.426. The van der Waals surface area contributed by atoms with Crippen molar-refractivity contribution in [2.24, 2.45) is 0 Å². The van der Waals surface area contributed by atoms with Crippen LogP contribution in [0.4, 0.5) is 14.9 Å². The van der Waals surface area contributed by atoms with Gasteiger partial charge in [-0.1, -0.05) is 36.4 Å². The number of nitrogens with zero attached hydrogens (tertiary/aromatic N) is 2. The Hall–Kier alpha value is -3.67. The van der Waals surface area contributed by atoms with E-state index in [-0.39, 0.29) is 17.9 Å². The van der Waals surface area contributed by atoms with Crippen molar-refractivity contribution in [2.45, 2.75) is 25.8 Å². The number of nitrogens with one attached hydrogen (secondary N) is 1. The maximum atomic E-state index is 13.2. The molecule has 1 saturated heterocycles. The first-order chi connectivity index (χ1) is 15.1. The lowest BCUT2D eigenvalue weighted by atomic mass is 10.1. The van der Waals surface area contributed by atoms with E-state index in [0.29, 0.717) is 18.0 Å². The first kappa shape index (κ1) is 19.3. The van der Waals surface area contributed by atoms with Gasteiger partial charge in [0.05, 0.1) is 0 Å². The zero-order chi connectivity index (χ0) is 21.4. The van der Waals surface area contributed by atoms with Crippen LogP contribution in [0.15, 0.2) is 71.1 Å². The third kappa shape index (κ3) is 3.77. The molecule has 1 aliphatic rings. The molecule has 0 spiro atoms. The van der Waals surface area contributed by atoms with Crippen LogP contribution in [0.1, 0.15) is 30.3 Å². The number of aromatic nitrogens is 1. The molecule has 0 saturated carbocycles. The second-order valence-corrected chi connectivity index (χ2v) is 7.84. The molecule has 5 rings (SSSR count). The van der Waals surface area contributed by atoms with Crippen molar-refractivity contribution in [1.29, 1.82) is 0 Å². The van der Waals surface area contributed by atoms with Gasteiger partial charge in [-0.15, -0.1) is 0 Å². The molecule has 1 aromatic heterocycles. The number of para-hydroxylation sites is 1. The predicted octanol–water partition coefficient (Wildman–Crippen LogP) is 6.31. The number of likely N-dealkylation sites (tertiary alicyclic amines) is 1. The molecule has 1 N–H and O–H groups in total. The molecule has 1 fully saturated rings. The highest BCUT2D eigenvalue weighted by Gasteiger charge is 2.33. The number of aryl methyl sites for hydroxylation is 1. The van der Waals surface area contributed by atoms with Crippen molar-refractivity contribution in [3.63, 3.8) is 0 Å². The molecule has 5 nitrogen and oxygen atoms in total. The molecule has 3 aromatic carbocycles. The van der Waals surface area contributed by atoms with E-state index in [4.69, 9.17) is 9.40 Å². The van der Waals surface area contributed by atoms with Crippen LogP contribution in [0.25, 0.3) is 22.2 Å². The Morgan fingerprint density at radius 3 is 2.68 bits per heavy atom. The van der Waals surface area contributed by atoms with Crippen LogP contribution < -0.4 is 5.32 Å². The van der Waals surface area contributed by atoms with Gasteiger partial charge in [0, 0.05) is 12.2 Å². The van der Waals surface area contributed by atoms with E-state index >= 15 is 0 Å². The first-order valence-corrected chi connectivity index (χ1v) is 10.4. The Morgan fingerprint density at radius 2 is 1.87 bits per heavy atom. The van der Waals surface area contributed by atoms with Gasteiger partial charge in [0.2, 0.25) is 5.89 Å². The average molecular weight is 415 g/mol. The molecule has 1 aliphatic heterocycles. The lowest BCUT2D eigenvalue weighted by molar-refractivity contribution is 0.199. The van der Waals surface area contributed by atoms with Crippen molar-refractivity contribution in [3.05, 3.63) is 84.0 Å². The van der Waals surface area contributed by atoms with Crippen molar-refractivity contribution in [2.75, 3.05) is 11.9 Å². The normalized spacial score (nSPS) is 16.1. The van der Waals surface area contributed by atoms with Gasteiger partial charge in [0.25, 0.3) is 0 Å². The minimum atomic E-state index is -0.265. The number of hydrogen-bond acceptors (Lipinski definition) is 3. The average Bonchev–Trinajstić information content (AvgIpc) is 3.42. The van der Waals surface area contributed by atoms with E-state index in [2.05, 4.69) is 5.32 Å². The molecule has 0 bridgehead atoms. The van der Waals surface area contributed by atoms with Crippen LogP contribution in [0.5, 0.6) is 0 Å². The molecule has 156 valence electrons. The van der Waals surface area contributed by atoms with Gasteiger partial charge >= 0.3 is 6.03 Å². The number of hydrogen-bond donors (Lipinski definition) is 1. The summed E-state index contributed by atoms with van der Waals surface area (Å²) in [5.41, 5.74) is 5.07. The van der Waals surface area contributed by atoms with Gasteiger partial charge in [-0.25, -0.2) is 14.2 Å². The van der Waals surface area contributed by atoms with Crippen LogP contribution in [-0.2, 0) is 0 Å². The van der Waals surface area contributed by atoms with Crippen LogP contribution >= 0.6 is 0 Å². The molecule has 6 heteroatoms. The van der Waals surface area contributed by atoms with E-state index in [0.717, 1.165) is 40.7 Å². The summed E-state index contributed by atoms with van der Waals surface area (Å²) < 4.78 is 19.3. The van der Waals surface area contributed by atoms with E-state index in [1.54, 1.807) is 17.0 Å². The van der Waals surface area contributed by atoms with Crippen molar-refractivity contribution >= 4 is 22.8 Å². The summed E-state index contributed by atoms with van der Waals surface area (Å²) in [6, 6.07) is 19.5. The lowest BCUT2D eigenvalue weighted by Crippen LogP contribution is -2.34. The highest BCUT2D eigenvalue weighted by molar-refractivity contribution is 5.90. The number of anilines is 1. The number of halogens is 1. The van der Waals surface area contributed by atoms with Crippen molar-refractivity contribution in [1.82, 2.24) is 9.88 Å². The molecule has 31 heavy (non-hydrogen) atoms. The number of urea groups is 1. The number of oxazole rings is 1. The topological polar surface area (TPSA) is 58.4 Å². The van der Waals surface area contributed by atoms with Crippen LogP contribution in [0.2, 0.25) is 0 Å². The number of rotatable bonds is 3. The van der Waals surface area contributed by atoms with Crippen LogP contribution in [0, 0.1) is 12.7 Å². The fourth-order valence-electron chi connectivity index (χ4n) is 4.08. The number of amides is 2. The molecule has 2 amide bonds. The molecule has 0 radical (unpaired) electrons. The third-order valence-corrected chi connectivity index (χ3v) is 5.77. The second kappa shape index (κ2) is 7.87. The fourth-order valence-corrected chi connectivity index (χ4v) is 4.08. The summed E-state index contributed by atoms with van der Waals surface area (Å²) in [4.78, 5) is 19.4. The molecule has 0 unspecified atom stereocenters. The van der Waals surface area contributed by atoms with Crippen LogP contribution in [0.3, 0.4) is 0 Å². The highest BCUT2D eigenvalue weighted by atomic mass is 19.1. The van der Waals surface area contributed by atoms with E-state index < -0.39 is 0 Å². The number of fused-ring (bicyclic) bond motifs is 1. The smallest absolute Gasteiger partial charge is 0.322 e. The Balaban J connectivity index is 1.40. The van der Waals surface area contributed by atoms with Gasteiger partial charge in [0.1, 0.15) is 17.4 Å². The lowest BCUT2D eigenvalue weighted by Gasteiger charge is -2.23. The Bertz CT molecular complexity index is 1250. The Kier molecular flexibility index (Phi) is 4.90. The Morgan fingerprint density at radius 1 is 1.10 bits per heavy atom. The standard InChI is InChI=1S/C25H22FN3O2/c1-16-5-2-3-6-20(16)28-25(30)29-14-4-7-22(29)24-27-21-15-18(10-13-23(21)31-24)17-8-11-19(26)12-9-17/h2-3,5-6,8-13,15,22H,4,7,14H2,1H3,(H,28,30)/t22-/m1/s1. The summed E-state index contributed by atoms with van der Waals surface area (Å²) in [5.74, 6) is 0.280. The largest absolute Gasteiger partial charge is 0.438 e. The molecule has 4 aromatic rings. The first-order valence-electron chi connectivity index (χ1n) is 10.4.